The predicted octanol–water partition coefficient (Wildman–Crippen LogP) is -0.162. The zero-order chi connectivity index (χ0) is 6.69. The Morgan fingerprint density at radius 3 is 3.00 bits per heavy atom. The second-order valence-corrected chi connectivity index (χ2v) is 1.74. The summed E-state index contributed by atoms with van der Waals surface area (Å²) in [6.07, 6.45) is 4.84. The molecule has 1 heterocycles. The summed E-state index contributed by atoms with van der Waals surface area (Å²) in [5.74, 6) is 0. The zero-order valence-electron chi connectivity index (χ0n) is 4.83. The van der Waals surface area contributed by atoms with E-state index in [-0.39, 0.29) is 6.17 Å². The third kappa shape index (κ3) is 1.09. The Labute approximate surface area is 53.5 Å². The zero-order valence-corrected chi connectivity index (χ0v) is 4.83. The van der Waals surface area contributed by atoms with Gasteiger partial charge in [-0.1, -0.05) is 0 Å². The van der Waals surface area contributed by atoms with Gasteiger partial charge in [-0.15, -0.1) is 0 Å². The van der Waals surface area contributed by atoms with Crippen molar-refractivity contribution in [1.29, 1.82) is 5.26 Å². The maximum absolute atomic E-state index is 8.39. The molecular formula is C6H7N3. The second kappa shape index (κ2) is 2.33. The number of nitrogens with two attached hydrogens (primary N) is 1. The lowest BCUT2D eigenvalue weighted by molar-refractivity contribution is 0.704. The molecule has 3 nitrogen and oxygen atoms in total. The van der Waals surface area contributed by atoms with Gasteiger partial charge in [0.1, 0.15) is 6.17 Å². The summed E-state index contributed by atoms with van der Waals surface area (Å²) in [5.41, 5.74) is 6.00. The highest BCUT2D eigenvalue weighted by molar-refractivity contribution is 5.32. The van der Waals surface area contributed by atoms with Crippen LogP contribution in [0.25, 0.3) is 0 Å². The van der Waals surface area contributed by atoms with Crippen LogP contribution >= 0.6 is 0 Å². The van der Waals surface area contributed by atoms with Gasteiger partial charge in [0.25, 0.3) is 0 Å². The van der Waals surface area contributed by atoms with E-state index in [0.29, 0.717) is 5.57 Å². The molecule has 3 heteroatoms. The topological polar surface area (TPSA) is 61.8 Å². The molecule has 1 atom stereocenters. The minimum absolute atomic E-state index is 0.319. The van der Waals surface area contributed by atoms with Crippen LogP contribution in [-0.2, 0) is 0 Å². The van der Waals surface area contributed by atoms with Crippen molar-refractivity contribution in [3.05, 3.63) is 23.9 Å². The highest BCUT2D eigenvalue weighted by Crippen LogP contribution is 1.99. The monoisotopic (exact) mass is 121 g/mol. The Morgan fingerprint density at radius 2 is 2.56 bits per heavy atom. The molecule has 0 bridgehead atoms. The smallest absolute Gasteiger partial charge is 0.110 e. The Bertz CT molecular complexity index is 197. The van der Waals surface area contributed by atoms with Gasteiger partial charge in [-0.05, 0) is 18.4 Å². The van der Waals surface area contributed by atoms with Gasteiger partial charge in [0.15, 0.2) is 0 Å². The van der Waals surface area contributed by atoms with Crippen LogP contribution in [-0.4, -0.2) is 6.17 Å². The molecule has 0 aromatic heterocycles. The van der Waals surface area contributed by atoms with E-state index in [4.69, 9.17) is 11.0 Å². The van der Waals surface area contributed by atoms with Crippen molar-refractivity contribution >= 4 is 0 Å². The van der Waals surface area contributed by atoms with Crippen LogP contribution in [0.5, 0.6) is 0 Å². The molecule has 0 fully saturated rings. The predicted molar refractivity (Wildman–Crippen MR) is 33.9 cm³/mol. The third-order valence-electron chi connectivity index (χ3n) is 1.11. The number of hydrogen-bond donors (Lipinski definition) is 2. The first kappa shape index (κ1) is 5.86. The normalized spacial score (nSPS) is 24.0. The summed E-state index contributed by atoms with van der Waals surface area (Å²) >= 11 is 0. The van der Waals surface area contributed by atoms with Gasteiger partial charge in [-0.25, -0.2) is 0 Å². The van der Waals surface area contributed by atoms with Crippen molar-refractivity contribution in [2.24, 2.45) is 5.73 Å². The molecule has 1 aliphatic rings. The van der Waals surface area contributed by atoms with E-state index in [0.717, 1.165) is 0 Å². The molecule has 0 spiro atoms. The van der Waals surface area contributed by atoms with Crippen LogP contribution in [0.1, 0.15) is 0 Å². The lowest BCUT2D eigenvalue weighted by Crippen LogP contribution is -2.36. The molecule has 3 N–H and O–H groups in total. The molecule has 0 aromatic rings. The van der Waals surface area contributed by atoms with Crippen molar-refractivity contribution in [3.8, 4) is 6.07 Å². The molecule has 0 radical (unpaired) electrons. The van der Waals surface area contributed by atoms with Crippen LogP contribution in [0, 0.1) is 11.3 Å². The average molecular weight is 121 g/mol. The molecule has 0 saturated carbocycles. The standard InChI is InChI=1S/C6H7N3/c7-4-5-2-1-3-9-6(5)8/h1-3,6,9H,8H2. The number of allylic oxidation sites excluding steroid dienone is 2. The first-order valence-corrected chi connectivity index (χ1v) is 2.63. The Hall–Kier alpha value is -1.27. The van der Waals surface area contributed by atoms with Gasteiger partial charge in [0.2, 0.25) is 0 Å². The van der Waals surface area contributed by atoms with Crippen LogP contribution in [0.15, 0.2) is 23.9 Å². The quantitative estimate of drug-likeness (QED) is 0.468. The summed E-state index contributed by atoms with van der Waals surface area (Å²) in [4.78, 5) is 0. The lowest BCUT2D eigenvalue weighted by atomic mass is 10.2. The Morgan fingerprint density at radius 1 is 1.78 bits per heavy atom. The highest BCUT2D eigenvalue weighted by atomic mass is 15.0. The van der Waals surface area contributed by atoms with Crippen molar-refractivity contribution in [2.45, 2.75) is 6.17 Å². The van der Waals surface area contributed by atoms with Crippen molar-refractivity contribution < 1.29 is 0 Å². The molecule has 9 heavy (non-hydrogen) atoms. The summed E-state index contributed by atoms with van der Waals surface area (Å²) in [5, 5.41) is 11.2. The van der Waals surface area contributed by atoms with Crippen LogP contribution in [0.4, 0.5) is 0 Å². The second-order valence-electron chi connectivity index (χ2n) is 1.74. The number of nitrogens with zero attached hydrogens (tertiary/aromatic N) is 1. The van der Waals surface area contributed by atoms with Gasteiger partial charge >= 0.3 is 0 Å². The van der Waals surface area contributed by atoms with Crippen molar-refractivity contribution in [1.82, 2.24) is 5.32 Å². The van der Waals surface area contributed by atoms with E-state index in [1.807, 2.05) is 6.07 Å². The number of rotatable bonds is 0. The lowest BCUT2D eigenvalue weighted by Gasteiger charge is -2.12. The number of nitrogens with one attached hydrogen (secondary N) is 1. The summed E-state index contributed by atoms with van der Waals surface area (Å²) in [6.45, 7) is 0. The SMILES string of the molecule is N#CC1=CC=CNC1N. The van der Waals surface area contributed by atoms with Crippen molar-refractivity contribution in [2.75, 3.05) is 0 Å². The van der Waals surface area contributed by atoms with Gasteiger partial charge in [-0.2, -0.15) is 5.26 Å². The Balaban J connectivity index is 2.78. The maximum atomic E-state index is 8.39. The van der Waals surface area contributed by atoms with E-state index in [9.17, 15) is 0 Å². The molecular weight excluding hydrogens is 114 g/mol. The fourth-order valence-corrected chi connectivity index (χ4v) is 0.611. The molecule has 1 aliphatic heterocycles. The molecule has 0 aliphatic carbocycles. The molecule has 0 saturated heterocycles. The maximum Gasteiger partial charge on any atom is 0.110 e. The highest BCUT2D eigenvalue weighted by Gasteiger charge is 2.06. The van der Waals surface area contributed by atoms with Crippen LogP contribution in [0.2, 0.25) is 0 Å². The summed E-state index contributed by atoms with van der Waals surface area (Å²) < 4.78 is 0. The van der Waals surface area contributed by atoms with E-state index in [2.05, 4.69) is 5.32 Å². The number of dihydropyridines is 1. The van der Waals surface area contributed by atoms with Gasteiger partial charge in [0, 0.05) is 0 Å². The summed E-state index contributed by atoms with van der Waals surface area (Å²) in [7, 11) is 0. The number of nitriles is 1. The molecule has 1 unspecified atom stereocenters. The largest absolute Gasteiger partial charge is 0.372 e. The minimum Gasteiger partial charge on any atom is -0.372 e. The van der Waals surface area contributed by atoms with Crippen LogP contribution in [0.3, 0.4) is 0 Å². The van der Waals surface area contributed by atoms with Crippen molar-refractivity contribution in [3.63, 3.8) is 0 Å². The van der Waals surface area contributed by atoms with E-state index < -0.39 is 0 Å². The fraction of sp³-hybridized carbons (Fsp3) is 0.167. The van der Waals surface area contributed by atoms with Gasteiger partial charge in [0.05, 0.1) is 11.6 Å². The first-order valence-electron chi connectivity index (χ1n) is 2.63. The molecule has 1 rings (SSSR count). The minimum atomic E-state index is -0.319. The summed E-state index contributed by atoms with van der Waals surface area (Å²) in [6, 6.07) is 1.98. The van der Waals surface area contributed by atoms with E-state index in [1.165, 1.54) is 0 Å². The van der Waals surface area contributed by atoms with Gasteiger partial charge < -0.3 is 11.1 Å². The molecule has 46 valence electrons. The average Bonchev–Trinajstić information content (AvgIpc) is 1.89. The number of hydrogen-bond acceptors (Lipinski definition) is 3. The third-order valence-corrected chi connectivity index (χ3v) is 1.11. The van der Waals surface area contributed by atoms with Crippen LogP contribution < -0.4 is 11.1 Å². The fourth-order valence-electron chi connectivity index (χ4n) is 0.611. The van der Waals surface area contributed by atoms with Gasteiger partial charge in [-0.3, -0.25) is 0 Å². The Kier molecular flexibility index (Phi) is 1.52. The first-order chi connectivity index (χ1) is 4.34. The molecule has 0 aromatic carbocycles. The van der Waals surface area contributed by atoms with E-state index in [1.54, 1.807) is 18.4 Å². The molecule has 0 amide bonds. The van der Waals surface area contributed by atoms with E-state index >= 15 is 0 Å².